The molecule has 1 aliphatic rings. The molecule has 5 nitrogen and oxygen atoms in total. The van der Waals surface area contributed by atoms with Crippen LogP contribution in [-0.2, 0) is 4.74 Å². The molecule has 0 aliphatic heterocycles. The molecule has 92 valence electrons. The van der Waals surface area contributed by atoms with Crippen molar-refractivity contribution < 1.29 is 14.6 Å². The summed E-state index contributed by atoms with van der Waals surface area (Å²) in [6, 6.07) is 5.43. The number of hydrogen-bond donors (Lipinski definition) is 1. The van der Waals surface area contributed by atoms with E-state index in [0.717, 1.165) is 12.8 Å². The van der Waals surface area contributed by atoms with Gasteiger partial charge >= 0.3 is 5.97 Å². The van der Waals surface area contributed by atoms with E-state index in [4.69, 9.17) is 9.84 Å². The van der Waals surface area contributed by atoms with E-state index in [1.54, 1.807) is 13.2 Å². The van der Waals surface area contributed by atoms with Crippen LogP contribution in [0.25, 0.3) is 0 Å². The van der Waals surface area contributed by atoms with Gasteiger partial charge in [0.05, 0.1) is 6.10 Å². The Kier molecular flexibility index (Phi) is 3.28. The molecule has 2 rings (SSSR count). The third-order valence-electron chi connectivity index (χ3n) is 3.27. The zero-order valence-electron chi connectivity index (χ0n) is 9.96. The second kappa shape index (κ2) is 4.71. The van der Waals surface area contributed by atoms with Crippen LogP contribution in [0.4, 0.5) is 5.82 Å². The lowest BCUT2D eigenvalue weighted by Gasteiger charge is -2.40. The van der Waals surface area contributed by atoms with E-state index in [-0.39, 0.29) is 5.69 Å². The topological polar surface area (TPSA) is 62.7 Å². The molecule has 1 saturated carbocycles. The lowest BCUT2D eigenvalue weighted by atomic mass is 9.88. The van der Waals surface area contributed by atoms with Crippen molar-refractivity contribution in [2.45, 2.75) is 25.0 Å². The molecule has 1 fully saturated rings. The Balaban J connectivity index is 2.07. The first-order valence-electron chi connectivity index (χ1n) is 5.57. The van der Waals surface area contributed by atoms with Gasteiger partial charge in [0, 0.05) is 20.2 Å². The van der Waals surface area contributed by atoms with Crippen LogP contribution in [0, 0.1) is 0 Å². The number of ether oxygens (including phenoxy) is 1. The zero-order valence-corrected chi connectivity index (χ0v) is 9.96. The van der Waals surface area contributed by atoms with Gasteiger partial charge < -0.3 is 14.7 Å². The molecule has 0 bridgehead atoms. The van der Waals surface area contributed by atoms with Crippen LogP contribution in [0.15, 0.2) is 18.2 Å². The van der Waals surface area contributed by atoms with Gasteiger partial charge in [-0.05, 0) is 25.0 Å². The maximum absolute atomic E-state index is 10.8. The van der Waals surface area contributed by atoms with Crippen LogP contribution in [0.1, 0.15) is 23.3 Å². The number of hydrogen-bond acceptors (Lipinski definition) is 4. The van der Waals surface area contributed by atoms with Gasteiger partial charge in [0.15, 0.2) is 5.69 Å². The van der Waals surface area contributed by atoms with Crippen LogP contribution in [-0.4, -0.2) is 42.4 Å². The second-order valence-corrected chi connectivity index (χ2v) is 4.28. The molecule has 0 unspecified atom stereocenters. The average molecular weight is 236 g/mol. The average Bonchev–Trinajstić information content (AvgIpc) is 2.27. The Labute approximate surface area is 100 Å². The summed E-state index contributed by atoms with van der Waals surface area (Å²) in [5, 5.41) is 8.88. The third-order valence-corrected chi connectivity index (χ3v) is 3.27. The first-order valence-corrected chi connectivity index (χ1v) is 5.57. The van der Waals surface area contributed by atoms with Crippen LogP contribution < -0.4 is 4.90 Å². The highest BCUT2D eigenvalue weighted by atomic mass is 16.5. The molecule has 0 saturated heterocycles. The summed E-state index contributed by atoms with van der Waals surface area (Å²) >= 11 is 0. The number of rotatable bonds is 4. The maximum Gasteiger partial charge on any atom is 0.354 e. The number of pyridine rings is 1. The van der Waals surface area contributed by atoms with Crippen molar-refractivity contribution >= 4 is 11.8 Å². The fraction of sp³-hybridized carbons (Fsp3) is 0.500. The van der Waals surface area contributed by atoms with Crippen molar-refractivity contribution in [1.29, 1.82) is 0 Å². The standard InChI is InChI=1S/C12H16N2O3/c1-14(8-6-9(7-8)17-2)11-5-3-4-10(13-11)12(15)16/h3-5,8-9H,6-7H2,1-2H3,(H,15,16). The van der Waals surface area contributed by atoms with E-state index in [9.17, 15) is 4.79 Å². The minimum atomic E-state index is -0.997. The molecule has 5 heteroatoms. The van der Waals surface area contributed by atoms with Crippen molar-refractivity contribution in [1.82, 2.24) is 4.98 Å². The fourth-order valence-electron chi connectivity index (χ4n) is 1.97. The Bertz CT molecular complexity index is 416. The summed E-state index contributed by atoms with van der Waals surface area (Å²) < 4.78 is 5.22. The first kappa shape index (κ1) is 11.9. The molecule has 1 aliphatic carbocycles. The number of carboxylic acid groups (broad SMARTS) is 1. The molecule has 0 atom stereocenters. The molecule has 0 aromatic carbocycles. The van der Waals surface area contributed by atoms with Crippen molar-refractivity contribution in [3.63, 3.8) is 0 Å². The predicted octanol–water partition coefficient (Wildman–Crippen LogP) is 1.39. The molecule has 1 N–H and O–H groups in total. The third kappa shape index (κ3) is 2.39. The van der Waals surface area contributed by atoms with Crippen LogP contribution in [0.5, 0.6) is 0 Å². The highest BCUT2D eigenvalue weighted by Crippen LogP contribution is 2.29. The van der Waals surface area contributed by atoms with Gasteiger partial charge in [-0.25, -0.2) is 9.78 Å². The SMILES string of the molecule is COC1CC(N(C)c2cccc(C(=O)O)n2)C1. The highest BCUT2D eigenvalue weighted by molar-refractivity contribution is 5.85. The highest BCUT2D eigenvalue weighted by Gasteiger charge is 2.32. The molecule has 1 heterocycles. The molecule has 17 heavy (non-hydrogen) atoms. The molecular formula is C12H16N2O3. The Hall–Kier alpha value is -1.62. The number of methoxy groups -OCH3 is 1. The van der Waals surface area contributed by atoms with Crippen molar-refractivity contribution in [2.75, 3.05) is 19.1 Å². The van der Waals surface area contributed by atoms with E-state index in [0.29, 0.717) is 18.0 Å². The molecule has 1 aromatic rings. The lowest BCUT2D eigenvalue weighted by molar-refractivity contribution is 0.0264. The first-order chi connectivity index (χ1) is 8.11. The van der Waals surface area contributed by atoms with Gasteiger partial charge in [0.25, 0.3) is 0 Å². The maximum atomic E-state index is 10.8. The minimum absolute atomic E-state index is 0.0805. The summed E-state index contributed by atoms with van der Waals surface area (Å²) in [4.78, 5) is 17.0. The Morgan fingerprint density at radius 3 is 2.82 bits per heavy atom. The molecule has 0 amide bonds. The fourth-order valence-corrected chi connectivity index (χ4v) is 1.97. The number of carboxylic acids is 1. The van der Waals surface area contributed by atoms with E-state index >= 15 is 0 Å². The Morgan fingerprint density at radius 2 is 2.24 bits per heavy atom. The smallest absolute Gasteiger partial charge is 0.354 e. The van der Waals surface area contributed by atoms with E-state index < -0.39 is 5.97 Å². The quantitative estimate of drug-likeness (QED) is 0.856. The second-order valence-electron chi connectivity index (χ2n) is 4.28. The van der Waals surface area contributed by atoms with Crippen molar-refractivity contribution in [2.24, 2.45) is 0 Å². The van der Waals surface area contributed by atoms with E-state index in [1.807, 2.05) is 18.0 Å². The van der Waals surface area contributed by atoms with Crippen LogP contribution in [0.3, 0.4) is 0 Å². The molecular weight excluding hydrogens is 220 g/mol. The van der Waals surface area contributed by atoms with E-state index in [1.165, 1.54) is 6.07 Å². The summed E-state index contributed by atoms with van der Waals surface area (Å²) in [5.41, 5.74) is 0.0805. The summed E-state index contributed by atoms with van der Waals surface area (Å²) in [7, 11) is 3.65. The monoisotopic (exact) mass is 236 g/mol. The summed E-state index contributed by atoms with van der Waals surface area (Å²) in [6.45, 7) is 0. The van der Waals surface area contributed by atoms with Gasteiger partial charge in [-0.1, -0.05) is 6.07 Å². The van der Waals surface area contributed by atoms with Crippen LogP contribution >= 0.6 is 0 Å². The van der Waals surface area contributed by atoms with Gasteiger partial charge in [-0.2, -0.15) is 0 Å². The molecule has 1 aromatic heterocycles. The summed E-state index contributed by atoms with van der Waals surface area (Å²) in [5.74, 6) is -0.298. The zero-order chi connectivity index (χ0) is 12.4. The minimum Gasteiger partial charge on any atom is -0.477 e. The van der Waals surface area contributed by atoms with Gasteiger partial charge in [-0.15, -0.1) is 0 Å². The number of anilines is 1. The van der Waals surface area contributed by atoms with E-state index in [2.05, 4.69) is 4.98 Å². The number of carbonyl (C=O) groups is 1. The van der Waals surface area contributed by atoms with Crippen molar-refractivity contribution in [3.05, 3.63) is 23.9 Å². The van der Waals surface area contributed by atoms with Crippen LogP contribution in [0.2, 0.25) is 0 Å². The van der Waals surface area contributed by atoms with Gasteiger partial charge in [0.2, 0.25) is 0 Å². The molecule has 0 spiro atoms. The van der Waals surface area contributed by atoms with Crippen molar-refractivity contribution in [3.8, 4) is 0 Å². The Morgan fingerprint density at radius 1 is 1.53 bits per heavy atom. The van der Waals surface area contributed by atoms with Gasteiger partial charge in [0.1, 0.15) is 5.82 Å². The summed E-state index contributed by atoms with van der Waals surface area (Å²) in [6.07, 6.45) is 2.25. The lowest BCUT2D eigenvalue weighted by Crippen LogP contribution is -2.46. The number of aromatic carboxylic acids is 1. The molecule has 0 radical (unpaired) electrons. The predicted molar refractivity (Wildman–Crippen MR) is 63.4 cm³/mol. The largest absolute Gasteiger partial charge is 0.477 e. The van der Waals surface area contributed by atoms with Gasteiger partial charge in [-0.3, -0.25) is 0 Å². The number of aromatic nitrogens is 1. The normalized spacial score (nSPS) is 22.9. The number of nitrogens with zero attached hydrogens (tertiary/aromatic N) is 2.